The van der Waals surface area contributed by atoms with Gasteiger partial charge in [0.2, 0.25) is 10.0 Å². The highest BCUT2D eigenvalue weighted by atomic mass is 32.2. The molecule has 2 aliphatic heterocycles. The van der Waals surface area contributed by atoms with Crippen molar-refractivity contribution in [1.82, 2.24) is 9.21 Å². The number of hydrogen-bond acceptors (Lipinski definition) is 4. The minimum absolute atomic E-state index is 0.00364. The number of anilines is 1. The lowest BCUT2D eigenvalue weighted by Crippen LogP contribution is -2.63. The zero-order valence-electron chi connectivity index (χ0n) is 16.3. The molecule has 0 bridgehead atoms. The summed E-state index contributed by atoms with van der Waals surface area (Å²) < 4.78 is 74.6. The summed E-state index contributed by atoms with van der Waals surface area (Å²) in [5.74, 6) is -1.12. The average molecular weight is 455 g/mol. The Morgan fingerprint density at radius 1 is 1.10 bits per heavy atom. The van der Waals surface area contributed by atoms with Gasteiger partial charge in [-0.05, 0) is 42.5 Å². The molecule has 2 aliphatic rings. The third-order valence-electron chi connectivity index (χ3n) is 5.44. The first kappa shape index (κ1) is 21.6. The van der Waals surface area contributed by atoms with Gasteiger partial charge in [-0.2, -0.15) is 4.31 Å². The zero-order chi connectivity index (χ0) is 22.2. The molecule has 0 aliphatic carbocycles. The van der Waals surface area contributed by atoms with Gasteiger partial charge in [0.15, 0.2) is 11.9 Å². The average Bonchev–Trinajstić information content (AvgIpc) is 3.16. The van der Waals surface area contributed by atoms with Gasteiger partial charge in [0.25, 0.3) is 0 Å². The molecule has 166 valence electrons. The van der Waals surface area contributed by atoms with Gasteiger partial charge in [0.1, 0.15) is 11.6 Å². The second-order valence-corrected chi connectivity index (χ2v) is 9.19. The van der Waals surface area contributed by atoms with E-state index in [0.29, 0.717) is 0 Å². The zero-order valence-corrected chi connectivity index (χ0v) is 17.1. The number of hydrogen-bond donors (Lipinski definition) is 1. The van der Waals surface area contributed by atoms with E-state index in [1.807, 2.05) is 0 Å². The number of halogens is 3. The van der Waals surface area contributed by atoms with Crippen LogP contribution in [0.5, 0.6) is 0 Å². The number of piperidine rings is 1. The largest absolute Gasteiger partial charge is 0.355 e. The van der Waals surface area contributed by atoms with Crippen LogP contribution in [0.25, 0.3) is 0 Å². The number of carbonyl (C=O) groups is 1. The number of benzene rings is 2. The maximum Gasteiger partial charge on any atom is 0.321 e. The van der Waals surface area contributed by atoms with Crippen LogP contribution >= 0.6 is 0 Å². The van der Waals surface area contributed by atoms with Crippen molar-refractivity contribution in [3.63, 3.8) is 0 Å². The van der Waals surface area contributed by atoms with E-state index >= 15 is 4.39 Å². The molecule has 0 radical (unpaired) electrons. The molecule has 0 saturated carbocycles. The van der Waals surface area contributed by atoms with Crippen LogP contribution in [-0.4, -0.2) is 61.8 Å². The first-order valence-electron chi connectivity index (χ1n) is 9.60. The van der Waals surface area contributed by atoms with E-state index in [2.05, 4.69) is 5.32 Å². The molecule has 1 N–H and O–H groups in total. The summed E-state index contributed by atoms with van der Waals surface area (Å²) in [6.07, 6.45) is -1.91. The number of ether oxygens (including phenoxy) is 1. The SMILES string of the molecule is O=C(Nc1cccc(F)c1)N1CCC2(OCCN2S(=O)(=O)c2ccc(F)cc2)C(F)C1. The molecule has 2 aromatic carbocycles. The van der Waals surface area contributed by atoms with Crippen LogP contribution in [0.3, 0.4) is 0 Å². The van der Waals surface area contributed by atoms with Gasteiger partial charge in [-0.1, -0.05) is 6.07 Å². The molecule has 2 fully saturated rings. The molecule has 7 nitrogen and oxygen atoms in total. The van der Waals surface area contributed by atoms with Crippen LogP contribution in [0.15, 0.2) is 53.4 Å². The molecule has 2 heterocycles. The number of amides is 2. The lowest BCUT2D eigenvalue weighted by atomic mass is 9.99. The van der Waals surface area contributed by atoms with E-state index in [0.717, 1.165) is 34.6 Å². The molecular weight excluding hydrogens is 435 g/mol. The molecule has 2 aromatic rings. The Bertz CT molecular complexity index is 1080. The van der Waals surface area contributed by atoms with Crippen molar-refractivity contribution < 1.29 is 31.1 Å². The predicted octanol–water partition coefficient (Wildman–Crippen LogP) is 2.96. The van der Waals surface area contributed by atoms with E-state index in [1.165, 1.54) is 23.1 Å². The Hall–Kier alpha value is -2.63. The van der Waals surface area contributed by atoms with Crippen molar-refractivity contribution in [1.29, 1.82) is 0 Å². The minimum atomic E-state index is -4.15. The number of alkyl halides is 1. The lowest BCUT2D eigenvalue weighted by Gasteiger charge is -2.44. The number of carbonyl (C=O) groups excluding carboxylic acids is 1. The van der Waals surface area contributed by atoms with Crippen molar-refractivity contribution in [2.24, 2.45) is 0 Å². The van der Waals surface area contributed by atoms with Crippen molar-refractivity contribution in [2.45, 2.75) is 23.2 Å². The summed E-state index contributed by atoms with van der Waals surface area (Å²) >= 11 is 0. The Labute approximate surface area is 177 Å². The van der Waals surface area contributed by atoms with Crippen LogP contribution in [-0.2, 0) is 14.8 Å². The second-order valence-electron chi connectivity index (χ2n) is 7.33. The summed E-state index contributed by atoms with van der Waals surface area (Å²) in [4.78, 5) is 13.5. The first-order chi connectivity index (χ1) is 14.7. The topological polar surface area (TPSA) is 79.0 Å². The molecule has 2 unspecified atom stereocenters. The molecule has 2 atom stereocenters. The highest BCUT2D eigenvalue weighted by Gasteiger charge is 2.57. The molecule has 2 saturated heterocycles. The molecule has 31 heavy (non-hydrogen) atoms. The first-order valence-corrected chi connectivity index (χ1v) is 11.0. The number of urea groups is 1. The maximum atomic E-state index is 15.3. The standard InChI is InChI=1S/C20H20F3N3O4S/c21-14-4-6-17(7-5-14)31(28,29)26-10-11-30-20(26)8-9-25(13-18(20)23)19(27)24-16-3-1-2-15(22)12-16/h1-7,12,18H,8-11,13H2,(H,24,27). The summed E-state index contributed by atoms with van der Waals surface area (Å²) in [5.41, 5.74) is -1.53. The summed E-state index contributed by atoms with van der Waals surface area (Å²) in [6, 6.07) is 8.92. The van der Waals surface area contributed by atoms with E-state index in [9.17, 15) is 22.0 Å². The second kappa shape index (κ2) is 8.13. The fourth-order valence-electron chi connectivity index (χ4n) is 3.90. The van der Waals surface area contributed by atoms with Crippen molar-refractivity contribution >= 4 is 21.7 Å². The smallest absolute Gasteiger partial charge is 0.321 e. The molecular formula is C20H20F3N3O4S. The normalized spacial score (nSPS) is 24.5. The Morgan fingerprint density at radius 3 is 2.52 bits per heavy atom. The highest BCUT2D eigenvalue weighted by molar-refractivity contribution is 7.89. The lowest BCUT2D eigenvalue weighted by molar-refractivity contribution is -0.134. The fourth-order valence-corrected chi connectivity index (χ4v) is 5.61. The van der Waals surface area contributed by atoms with Crippen LogP contribution < -0.4 is 5.32 Å². The third kappa shape index (κ3) is 4.00. The van der Waals surface area contributed by atoms with Gasteiger partial charge < -0.3 is 15.0 Å². The predicted molar refractivity (Wildman–Crippen MR) is 105 cm³/mol. The van der Waals surface area contributed by atoms with Crippen molar-refractivity contribution in [2.75, 3.05) is 31.6 Å². The van der Waals surface area contributed by atoms with Gasteiger partial charge >= 0.3 is 6.03 Å². The van der Waals surface area contributed by atoms with E-state index in [-0.39, 0.29) is 36.7 Å². The van der Waals surface area contributed by atoms with Gasteiger partial charge in [-0.3, -0.25) is 0 Å². The van der Waals surface area contributed by atoms with Crippen LogP contribution in [0.4, 0.5) is 23.7 Å². The van der Waals surface area contributed by atoms with Crippen LogP contribution in [0, 0.1) is 11.6 Å². The monoisotopic (exact) mass is 455 g/mol. The van der Waals surface area contributed by atoms with Gasteiger partial charge in [0.05, 0.1) is 18.0 Å². The molecule has 11 heteroatoms. The highest BCUT2D eigenvalue weighted by Crippen LogP contribution is 2.40. The number of nitrogens with zero attached hydrogens (tertiary/aromatic N) is 2. The third-order valence-corrected chi connectivity index (χ3v) is 7.38. The van der Waals surface area contributed by atoms with Crippen molar-refractivity contribution in [3.8, 4) is 0 Å². The van der Waals surface area contributed by atoms with Gasteiger partial charge in [-0.25, -0.2) is 26.4 Å². The Balaban J connectivity index is 1.51. The number of sulfonamides is 1. The number of rotatable bonds is 3. The van der Waals surface area contributed by atoms with E-state index < -0.39 is 46.1 Å². The molecule has 2 amide bonds. The fraction of sp³-hybridized carbons (Fsp3) is 0.350. The van der Waals surface area contributed by atoms with Gasteiger partial charge in [0, 0.05) is 25.2 Å². The number of nitrogens with one attached hydrogen (secondary N) is 1. The number of likely N-dealkylation sites (tertiary alicyclic amines) is 1. The van der Waals surface area contributed by atoms with Crippen molar-refractivity contribution in [3.05, 3.63) is 60.2 Å². The molecule has 1 spiro atoms. The maximum absolute atomic E-state index is 15.3. The van der Waals surface area contributed by atoms with Crippen LogP contribution in [0.1, 0.15) is 6.42 Å². The quantitative estimate of drug-likeness (QED) is 0.772. The Morgan fingerprint density at radius 2 is 1.84 bits per heavy atom. The minimum Gasteiger partial charge on any atom is -0.355 e. The van der Waals surface area contributed by atoms with Crippen LogP contribution in [0.2, 0.25) is 0 Å². The Kier molecular flexibility index (Phi) is 5.67. The van der Waals surface area contributed by atoms with E-state index in [4.69, 9.17) is 4.74 Å². The summed E-state index contributed by atoms with van der Waals surface area (Å²) in [7, 11) is -4.15. The molecule has 4 rings (SSSR count). The van der Waals surface area contributed by atoms with E-state index in [1.54, 1.807) is 0 Å². The van der Waals surface area contributed by atoms with Gasteiger partial charge in [-0.15, -0.1) is 0 Å². The molecule has 0 aromatic heterocycles. The summed E-state index contributed by atoms with van der Waals surface area (Å²) in [6.45, 7) is -0.445. The summed E-state index contributed by atoms with van der Waals surface area (Å²) in [5, 5.41) is 2.50.